The monoisotopic (exact) mass is 288 g/mol. The molecule has 0 spiro atoms. The van der Waals surface area contributed by atoms with Gasteiger partial charge in [0.1, 0.15) is 0 Å². The fourth-order valence-corrected chi connectivity index (χ4v) is 2.66. The van der Waals surface area contributed by atoms with Gasteiger partial charge in [0.15, 0.2) is 0 Å². The average molecular weight is 288 g/mol. The second-order valence-electron chi connectivity index (χ2n) is 5.26. The fourth-order valence-electron chi connectivity index (χ4n) is 2.66. The van der Waals surface area contributed by atoms with Crippen LogP contribution in [-0.2, 0) is 17.5 Å². The highest BCUT2D eigenvalue weighted by molar-refractivity contribution is 5.46. The van der Waals surface area contributed by atoms with Gasteiger partial charge in [-0.05, 0) is 36.6 Å². The van der Waals surface area contributed by atoms with E-state index in [1.807, 2.05) is 4.90 Å². The van der Waals surface area contributed by atoms with E-state index in [2.05, 4.69) is 0 Å². The number of alkyl halides is 3. The third-order valence-corrected chi connectivity index (χ3v) is 3.61. The van der Waals surface area contributed by atoms with Crippen LogP contribution in [0.2, 0.25) is 0 Å². The minimum Gasteiger partial charge on any atom is -0.399 e. The molecule has 112 valence electrons. The Morgan fingerprint density at radius 3 is 2.80 bits per heavy atom. The Kier molecular flexibility index (Phi) is 4.55. The van der Waals surface area contributed by atoms with Gasteiger partial charge in [-0.1, -0.05) is 6.07 Å². The zero-order valence-corrected chi connectivity index (χ0v) is 11.4. The van der Waals surface area contributed by atoms with Crippen LogP contribution < -0.4 is 5.73 Å². The lowest BCUT2D eigenvalue weighted by Crippen LogP contribution is -2.23. The number of nitrogens with zero attached hydrogens (tertiary/aromatic N) is 1. The second-order valence-corrected chi connectivity index (χ2v) is 5.26. The minimum absolute atomic E-state index is 0.139. The minimum atomic E-state index is -4.36. The first-order valence-corrected chi connectivity index (χ1v) is 6.57. The summed E-state index contributed by atoms with van der Waals surface area (Å²) in [5.41, 5.74) is 5.25. The van der Waals surface area contributed by atoms with Crippen LogP contribution in [0, 0.1) is 5.92 Å². The Bertz CT molecular complexity index is 462. The molecule has 1 aromatic carbocycles. The zero-order chi connectivity index (χ0) is 14.8. The van der Waals surface area contributed by atoms with Gasteiger partial charge >= 0.3 is 6.18 Å². The standard InChI is InChI=1S/C14H19F3N2O/c1-20-9-10-4-5-19(7-10)8-11-2-3-12(18)6-13(11)14(15,16)17/h2-3,6,10H,4-5,7-9,18H2,1H3. The van der Waals surface area contributed by atoms with Crippen molar-refractivity contribution in [1.29, 1.82) is 0 Å². The number of ether oxygens (including phenoxy) is 1. The van der Waals surface area contributed by atoms with Gasteiger partial charge < -0.3 is 10.5 Å². The number of anilines is 1. The molecule has 2 rings (SSSR count). The summed E-state index contributed by atoms with van der Waals surface area (Å²) in [6.45, 7) is 2.53. The van der Waals surface area contributed by atoms with E-state index in [4.69, 9.17) is 10.5 Å². The van der Waals surface area contributed by atoms with E-state index in [0.717, 1.165) is 25.6 Å². The molecule has 0 amide bonds. The van der Waals surface area contributed by atoms with Crippen molar-refractivity contribution in [2.24, 2.45) is 5.92 Å². The molecule has 6 heteroatoms. The lowest BCUT2D eigenvalue weighted by Gasteiger charge is -2.20. The number of benzene rings is 1. The van der Waals surface area contributed by atoms with Crippen molar-refractivity contribution in [3.8, 4) is 0 Å². The summed E-state index contributed by atoms with van der Waals surface area (Å²) >= 11 is 0. The molecule has 0 bridgehead atoms. The zero-order valence-electron chi connectivity index (χ0n) is 11.4. The highest BCUT2D eigenvalue weighted by atomic mass is 19.4. The highest BCUT2D eigenvalue weighted by Crippen LogP contribution is 2.34. The molecule has 0 aliphatic carbocycles. The molecule has 3 nitrogen and oxygen atoms in total. The summed E-state index contributed by atoms with van der Waals surface area (Å²) in [5, 5.41) is 0. The molecule has 1 aliphatic rings. The first kappa shape index (κ1) is 15.1. The summed E-state index contributed by atoms with van der Waals surface area (Å²) in [6, 6.07) is 4.01. The van der Waals surface area contributed by atoms with E-state index in [1.54, 1.807) is 7.11 Å². The number of nitrogens with two attached hydrogens (primary N) is 1. The van der Waals surface area contributed by atoms with Crippen LogP contribution >= 0.6 is 0 Å². The van der Waals surface area contributed by atoms with Gasteiger partial charge in [-0.15, -0.1) is 0 Å². The van der Waals surface area contributed by atoms with Crippen LogP contribution in [-0.4, -0.2) is 31.7 Å². The number of hydrogen-bond acceptors (Lipinski definition) is 3. The third-order valence-electron chi connectivity index (χ3n) is 3.61. The number of rotatable bonds is 4. The molecule has 1 fully saturated rings. The number of nitrogen functional groups attached to an aromatic ring is 1. The van der Waals surface area contributed by atoms with E-state index in [9.17, 15) is 13.2 Å². The SMILES string of the molecule is COCC1CCN(Cc2ccc(N)cc2C(F)(F)F)C1. The number of likely N-dealkylation sites (tertiary alicyclic amines) is 1. The fraction of sp³-hybridized carbons (Fsp3) is 0.571. The normalized spacial score (nSPS) is 20.5. The highest BCUT2D eigenvalue weighted by Gasteiger charge is 2.34. The van der Waals surface area contributed by atoms with Gasteiger partial charge in [0.05, 0.1) is 12.2 Å². The first-order chi connectivity index (χ1) is 9.40. The molecule has 1 aromatic rings. The molecule has 0 saturated carbocycles. The van der Waals surface area contributed by atoms with E-state index in [1.165, 1.54) is 12.1 Å². The van der Waals surface area contributed by atoms with Crippen molar-refractivity contribution < 1.29 is 17.9 Å². The van der Waals surface area contributed by atoms with Crippen LogP contribution in [0.4, 0.5) is 18.9 Å². The van der Waals surface area contributed by atoms with Crippen LogP contribution in [0.3, 0.4) is 0 Å². The summed E-state index contributed by atoms with van der Waals surface area (Å²) < 4.78 is 44.1. The quantitative estimate of drug-likeness (QED) is 0.866. The molecule has 1 heterocycles. The maximum atomic E-state index is 13.0. The van der Waals surface area contributed by atoms with E-state index in [0.29, 0.717) is 19.1 Å². The molecule has 0 aromatic heterocycles. The van der Waals surface area contributed by atoms with Crippen LogP contribution in [0.5, 0.6) is 0 Å². The summed E-state index contributed by atoms with van der Waals surface area (Å²) in [7, 11) is 1.64. The van der Waals surface area contributed by atoms with E-state index < -0.39 is 11.7 Å². The molecular formula is C14H19F3N2O. The van der Waals surface area contributed by atoms with Crippen LogP contribution in [0.1, 0.15) is 17.5 Å². The first-order valence-electron chi connectivity index (χ1n) is 6.57. The van der Waals surface area contributed by atoms with Crippen molar-refractivity contribution in [2.75, 3.05) is 32.5 Å². The number of halogens is 3. The van der Waals surface area contributed by atoms with Gasteiger partial charge in [-0.2, -0.15) is 13.2 Å². The maximum absolute atomic E-state index is 13.0. The Morgan fingerprint density at radius 2 is 2.15 bits per heavy atom. The van der Waals surface area contributed by atoms with Gasteiger partial charge in [-0.25, -0.2) is 0 Å². The molecular weight excluding hydrogens is 269 g/mol. The summed E-state index contributed by atoms with van der Waals surface area (Å²) in [5.74, 6) is 0.406. The van der Waals surface area contributed by atoms with Gasteiger partial charge in [-0.3, -0.25) is 4.90 Å². The van der Waals surface area contributed by atoms with E-state index >= 15 is 0 Å². The Labute approximate surface area is 116 Å². The Morgan fingerprint density at radius 1 is 1.40 bits per heavy atom. The summed E-state index contributed by atoms with van der Waals surface area (Å²) in [4.78, 5) is 2.03. The Balaban J connectivity index is 2.10. The van der Waals surface area contributed by atoms with Gasteiger partial charge in [0.25, 0.3) is 0 Å². The molecule has 1 saturated heterocycles. The molecule has 2 N–H and O–H groups in total. The van der Waals surface area contributed by atoms with Crippen molar-refractivity contribution >= 4 is 5.69 Å². The van der Waals surface area contributed by atoms with Crippen molar-refractivity contribution in [3.05, 3.63) is 29.3 Å². The molecule has 1 atom stereocenters. The molecule has 20 heavy (non-hydrogen) atoms. The van der Waals surface area contributed by atoms with Crippen LogP contribution in [0.15, 0.2) is 18.2 Å². The van der Waals surface area contributed by atoms with Crippen molar-refractivity contribution in [1.82, 2.24) is 4.90 Å². The van der Waals surface area contributed by atoms with Crippen molar-refractivity contribution in [2.45, 2.75) is 19.1 Å². The number of methoxy groups -OCH3 is 1. The average Bonchev–Trinajstić information content (AvgIpc) is 2.78. The number of hydrogen-bond donors (Lipinski definition) is 1. The smallest absolute Gasteiger partial charge is 0.399 e. The second kappa shape index (κ2) is 6.01. The summed E-state index contributed by atoms with van der Waals surface area (Å²) in [6.07, 6.45) is -3.40. The predicted molar refractivity (Wildman–Crippen MR) is 71.1 cm³/mol. The largest absolute Gasteiger partial charge is 0.416 e. The van der Waals surface area contributed by atoms with Crippen molar-refractivity contribution in [3.63, 3.8) is 0 Å². The molecule has 0 radical (unpaired) electrons. The van der Waals surface area contributed by atoms with Gasteiger partial charge in [0, 0.05) is 25.9 Å². The van der Waals surface area contributed by atoms with Crippen LogP contribution in [0.25, 0.3) is 0 Å². The topological polar surface area (TPSA) is 38.5 Å². The van der Waals surface area contributed by atoms with Gasteiger partial charge in [0.2, 0.25) is 0 Å². The predicted octanol–water partition coefficient (Wildman–Crippen LogP) is 2.76. The third kappa shape index (κ3) is 3.64. The lowest BCUT2D eigenvalue weighted by molar-refractivity contribution is -0.138. The Hall–Kier alpha value is -1.27. The molecule has 1 aliphatic heterocycles. The lowest BCUT2D eigenvalue weighted by atomic mass is 10.1. The van der Waals surface area contributed by atoms with E-state index in [-0.39, 0.29) is 11.3 Å². The maximum Gasteiger partial charge on any atom is 0.416 e. The molecule has 1 unspecified atom stereocenters.